The maximum Gasteiger partial charge on any atom is 0.323 e. The van der Waals surface area contributed by atoms with Crippen LogP contribution in [0.15, 0.2) is 0 Å². The van der Waals surface area contributed by atoms with Gasteiger partial charge in [0.25, 0.3) is 0 Å². The van der Waals surface area contributed by atoms with E-state index >= 15 is 0 Å². The summed E-state index contributed by atoms with van der Waals surface area (Å²) in [6, 6.07) is -0.267. The summed E-state index contributed by atoms with van der Waals surface area (Å²) in [6.45, 7) is 6.59. The second-order valence-electron chi connectivity index (χ2n) is 5.27. The monoisotopic (exact) mass is 293 g/mol. The Bertz CT molecular complexity index is 414. The van der Waals surface area contributed by atoms with Gasteiger partial charge in [0.2, 0.25) is 5.91 Å². The van der Waals surface area contributed by atoms with Crippen LogP contribution >= 0.6 is 0 Å². The summed E-state index contributed by atoms with van der Waals surface area (Å²) < 4.78 is 23.3. The van der Waals surface area contributed by atoms with Crippen LogP contribution in [0.5, 0.6) is 0 Å². The zero-order valence-electron chi connectivity index (χ0n) is 11.9. The number of aliphatic carboxylic acids is 1. The first kappa shape index (κ1) is 17.9. The van der Waals surface area contributed by atoms with Crippen LogP contribution in [0.25, 0.3) is 0 Å². The van der Waals surface area contributed by atoms with E-state index in [1.54, 1.807) is 27.7 Å². The number of hydrogen-bond acceptors (Lipinski definition) is 4. The van der Waals surface area contributed by atoms with Crippen molar-refractivity contribution < 1.29 is 23.1 Å². The maximum absolute atomic E-state index is 11.9. The van der Waals surface area contributed by atoms with Crippen LogP contribution in [0.2, 0.25) is 0 Å². The molecule has 7 heteroatoms. The molecule has 112 valence electrons. The third kappa shape index (κ3) is 7.81. The highest BCUT2D eigenvalue weighted by Gasteiger charge is 2.22. The molecule has 0 saturated carbocycles. The number of carboxylic acid groups (broad SMARTS) is 1. The normalized spacial score (nSPS) is 11.9. The van der Waals surface area contributed by atoms with Crippen molar-refractivity contribution in [3.8, 4) is 0 Å². The molecule has 0 unspecified atom stereocenters. The van der Waals surface area contributed by atoms with E-state index < -0.39 is 28.3 Å². The molecule has 0 aliphatic rings. The minimum absolute atomic E-state index is 0.0142. The standard InChI is InChI=1S/C12H23NO5S/c1-9(2)8-19(17,18)6-5-11(14)13(10(3)4)7-12(15)16/h9-10H,5-8H2,1-4H3,(H,15,16). The summed E-state index contributed by atoms with van der Waals surface area (Å²) >= 11 is 0. The number of carbonyl (C=O) groups is 2. The zero-order chi connectivity index (χ0) is 15.2. The van der Waals surface area contributed by atoms with Crippen molar-refractivity contribution in [2.45, 2.75) is 40.2 Å². The summed E-state index contributed by atoms with van der Waals surface area (Å²) in [5.74, 6) is -1.72. The lowest BCUT2D eigenvalue weighted by Crippen LogP contribution is -2.41. The predicted molar refractivity (Wildman–Crippen MR) is 72.6 cm³/mol. The number of sulfone groups is 1. The lowest BCUT2D eigenvalue weighted by atomic mass is 10.3. The summed E-state index contributed by atoms with van der Waals surface area (Å²) in [5.41, 5.74) is 0. The Morgan fingerprint density at radius 3 is 2.05 bits per heavy atom. The van der Waals surface area contributed by atoms with Crippen LogP contribution < -0.4 is 0 Å². The molecule has 0 spiro atoms. The van der Waals surface area contributed by atoms with Crippen LogP contribution in [0, 0.1) is 5.92 Å². The zero-order valence-corrected chi connectivity index (χ0v) is 12.7. The molecule has 0 aromatic carbocycles. The molecule has 19 heavy (non-hydrogen) atoms. The SMILES string of the molecule is CC(C)CS(=O)(=O)CCC(=O)N(CC(=O)O)C(C)C. The number of amides is 1. The molecule has 0 saturated heterocycles. The predicted octanol–water partition coefficient (Wildman–Crippen LogP) is 0.769. The first-order valence-corrected chi connectivity index (χ1v) is 8.09. The lowest BCUT2D eigenvalue weighted by Gasteiger charge is -2.24. The van der Waals surface area contributed by atoms with Gasteiger partial charge in [0.1, 0.15) is 6.54 Å². The largest absolute Gasteiger partial charge is 0.480 e. The maximum atomic E-state index is 11.9. The van der Waals surface area contributed by atoms with Crippen molar-refractivity contribution in [1.82, 2.24) is 4.90 Å². The van der Waals surface area contributed by atoms with Gasteiger partial charge in [-0.15, -0.1) is 0 Å². The molecular weight excluding hydrogens is 270 g/mol. The summed E-state index contributed by atoms with van der Waals surface area (Å²) in [7, 11) is -3.26. The summed E-state index contributed by atoms with van der Waals surface area (Å²) in [6.07, 6.45) is -0.166. The second-order valence-corrected chi connectivity index (χ2v) is 7.50. The van der Waals surface area contributed by atoms with Gasteiger partial charge >= 0.3 is 5.97 Å². The van der Waals surface area contributed by atoms with Crippen LogP contribution in [0.3, 0.4) is 0 Å². The van der Waals surface area contributed by atoms with Crippen molar-refractivity contribution >= 4 is 21.7 Å². The van der Waals surface area contributed by atoms with E-state index in [-0.39, 0.29) is 29.9 Å². The molecule has 0 aliphatic heterocycles. The van der Waals surface area contributed by atoms with Gasteiger partial charge in [-0.1, -0.05) is 13.8 Å². The molecule has 1 N–H and O–H groups in total. The molecule has 0 heterocycles. The fourth-order valence-electron chi connectivity index (χ4n) is 1.68. The van der Waals surface area contributed by atoms with Crippen molar-refractivity contribution in [3.05, 3.63) is 0 Å². The van der Waals surface area contributed by atoms with Gasteiger partial charge in [0.15, 0.2) is 9.84 Å². The molecular formula is C12H23NO5S. The first-order valence-electron chi connectivity index (χ1n) is 6.27. The van der Waals surface area contributed by atoms with Crippen LogP contribution in [-0.4, -0.2) is 54.4 Å². The fourth-order valence-corrected chi connectivity index (χ4v) is 3.35. The Kier molecular flexibility index (Phi) is 7.04. The lowest BCUT2D eigenvalue weighted by molar-refractivity contribution is -0.145. The summed E-state index contributed by atoms with van der Waals surface area (Å²) in [4.78, 5) is 23.7. The molecule has 0 radical (unpaired) electrons. The molecule has 0 fully saturated rings. The summed E-state index contributed by atoms with van der Waals surface area (Å²) in [5, 5.41) is 8.72. The van der Waals surface area contributed by atoms with Crippen molar-refractivity contribution in [2.24, 2.45) is 5.92 Å². The van der Waals surface area contributed by atoms with Crippen molar-refractivity contribution in [1.29, 1.82) is 0 Å². The van der Waals surface area contributed by atoms with Crippen LogP contribution in [0.4, 0.5) is 0 Å². The van der Waals surface area contributed by atoms with Crippen molar-refractivity contribution in [3.63, 3.8) is 0 Å². The Morgan fingerprint density at radius 2 is 1.68 bits per heavy atom. The Hall–Kier alpha value is -1.11. The third-order valence-corrected chi connectivity index (χ3v) is 4.46. The number of hydrogen-bond donors (Lipinski definition) is 1. The van der Waals surface area contributed by atoms with Crippen LogP contribution in [-0.2, 0) is 19.4 Å². The van der Waals surface area contributed by atoms with E-state index in [9.17, 15) is 18.0 Å². The molecule has 0 rings (SSSR count). The molecule has 0 aromatic rings. The number of carbonyl (C=O) groups excluding carboxylic acids is 1. The van der Waals surface area contributed by atoms with Gasteiger partial charge in [0, 0.05) is 12.5 Å². The van der Waals surface area contributed by atoms with Gasteiger partial charge in [-0.05, 0) is 19.8 Å². The highest BCUT2D eigenvalue weighted by atomic mass is 32.2. The highest BCUT2D eigenvalue weighted by molar-refractivity contribution is 7.91. The van der Waals surface area contributed by atoms with Crippen LogP contribution in [0.1, 0.15) is 34.1 Å². The van der Waals surface area contributed by atoms with Crippen molar-refractivity contribution in [2.75, 3.05) is 18.1 Å². The van der Waals surface area contributed by atoms with E-state index in [0.29, 0.717) is 0 Å². The van der Waals surface area contributed by atoms with E-state index in [2.05, 4.69) is 0 Å². The molecule has 0 bridgehead atoms. The van der Waals surface area contributed by atoms with Gasteiger partial charge in [0.05, 0.1) is 11.5 Å². The molecule has 0 aliphatic carbocycles. The Balaban J connectivity index is 4.54. The third-order valence-electron chi connectivity index (χ3n) is 2.46. The first-order chi connectivity index (χ1) is 8.55. The average molecular weight is 293 g/mol. The second kappa shape index (κ2) is 7.47. The Morgan fingerprint density at radius 1 is 1.16 bits per heavy atom. The number of rotatable bonds is 8. The van der Waals surface area contributed by atoms with E-state index in [4.69, 9.17) is 5.11 Å². The molecule has 0 aromatic heterocycles. The van der Waals surface area contributed by atoms with E-state index in [1.165, 1.54) is 4.90 Å². The average Bonchev–Trinajstić information content (AvgIpc) is 2.20. The minimum Gasteiger partial charge on any atom is -0.480 e. The molecule has 6 nitrogen and oxygen atoms in total. The molecule has 1 amide bonds. The van der Waals surface area contributed by atoms with Gasteiger partial charge < -0.3 is 10.0 Å². The topological polar surface area (TPSA) is 91.8 Å². The smallest absolute Gasteiger partial charge is 0.323 e. The van der Waals surface area contributed by atoms with E-state index in [0.717, 1.165) is 0 Å². The highest BCUT2D eigenvalue weighted by Crippen LogP contribution is 2.06. The van der Waals surface area contributed by atoms with Gasteiger partial charge in [-0.2, -0.15) is 0 Å². The number of nitrogens with zero attached hydrogens (tertiary/aromatic N) is 1. The quantitative estimate of drug-likeness (QED) is 0.713. The van der Waals surface area contributed by atoms with E-state index in [1.807, 2.05) is 0 Å². The fraction of sp³-hybridized carbons (Fsp3) is 0.833. The van der Waals surface area contributed by atoms with Gasteiger partial charge in [-0.3, -0.25) is 9.59 Å². The number of carboxylic acids is 1. The Labute approximate surface area is 114 Å². The molecule has 0 atom stereocenters. The minimum atomic E-state index is -3.26. The van der Waals surface area contributed by atoms with Gasteiger partial charge in [-0.25, -0.2) is 8.42 Å².